The van der Waals surface area contributed by atoms with Crippen LogP contribution in [0.5, 0.6) is 11.5 Å². The van der Waals surface area contributed by atoms with Gasteiger partial charge in [-0.05, 0) is 61.4 Å². The number of amides is 1. The van der Waals surface area contributed by atoms with Crippen LogP contribution in [0, 0.1) is 5.92 Å². The number of nitrogens with zero attached hydrogens (tertiary/aromatic N) is 2. The number of methoxy groups -OCH3 is 2. The summed E-state index contributed by atoms with van der Waals surface area (Å²) in [4.78, 5) is 14.1. The van der Waals surface area contributed by atoms with Crippen molar-refractivity contribution >= 4 is 40.5 Å². The highest BCUT2D eigenvalue weighted by Crippen LogP contribution is 2.43. The van der Waals surface area contributed by atoms with Gasteiger partial charge in [0.25, 0.3) is 0 Å². The SMILES string of the molecule is C=CC(=O)Nc1cc(N(C)C)ccc1-c1n[nH]c2c1CCC(Cc1c(Cl)c(OC)cc(OC)c1Cl)C2. The van der Waals surface area contributed by atoms with Crippen LogP contribution in [0.25, 0.3) is 11.3 Å². The highest BCUT2D eigenvalue weighted by Gasteiger charge is 2.28. The highest BCUT2D eigenvalue weighted by atomic mass is 35.5. The number of hydrogen-bond acceptors (Lipinski definition) is 5. The summed E-state index contributed by atoms with van der Waals surface area (Å²) >= 11 is 13.2. The number of carbonyl (C=O) groups is 1. The van der Waals surface area contributed by atoms with E-state index >= 15 is 0 Å². The van der Waals surface area contributed by atoms with Crippen LogP contribution < -0.4 is 19.7 Å². The van der Waals surface area contributed by atoms with E-state index in [0.29, 0.717) is 39.6 Å². The second-order valence-electron chi connectivity index (χ2n) is 9.05. The molecule has 0 radical (unpaired) electrons. The van der Waals surface area contributed by atoms with Crippen molar-refractivity contribution in [3.63, 3.8) is 0 Å². The Bertz CT molecular complexity index is 1270. The maximum Gasteiger partial charge on any atom is 0.247 e. The van der Waals surface area contributed by atoms with Crippen molar-refractivity contribution in [3.05, 3.63) is 63.8 Å². The van der Waals surface area contributed by atoms with E-state index in [0.717, 1.165) is 47.5 Å². The number of fused-ring (bicyclic) bond motifs is 1. The van der Waals surface area contributed by atoms with Crippen LogP contribution in [0.15, 0.2) is 36.9 Å². The fraction of sp³-hybridized carbons (Fsp3) is 0.333. The van der Waals surface area contributed by atoms with Crippen LogP contribution in [-0.4, -0.2) is 44.4 Å². The van der Waals surface area contributed by atoms with Gasteiger partial charge < -0.3 is 19.7 Å². The smallest absolute Gasteiger partial charge is 0.247 e. The molecule has 1 amide bonds. The number of benzene rings is 2. The third kappa shape index (κ3) is 5.04. The molecule has 0 aliphatic heterocycles. The van der Waals surface area contributed by atoms with Crippen LogP contribution in [0.4, 0.5) is 11.4 Å². The van der Waals surface area contributed by atoms with E-state index in [1.165, 1.54) is 11.6 Å². The van der Waals surface area contributed by atoms with Crippen molar-refractivity contribution in [1.82, 2.24) is 10.2 Å². The quantitative estimate of drug-likeness (QED) is 0.353. The maximum absolute atomic E-state index is 12.1. The monoisotopic (exact) mass is 528 g/mol. The Balaban J connectivity index is 1.63. The molecule has 1 heterocycles. The van der Waals surface area contributed by atoms with Crippen LogP contribution >= 0.6 is 23.2 Å². The second kappa shape index (κ2) is 10.8. The van der Waals surface area contributed by atoms with Gasteiger partial charge in [-0.3, -0.25) is 9.89 Å². The van der Waals surface area contributed by atoms with Gasteiger partial charge in [-0.2, -0.15) is 5.10 Å². The third-order valence-corrected chi connectivity index (χ3v) is 7.45. The first kappa shape index (κ1) is 25.9. The van der Waals surface area contributed by atoms with Crippen LogP contribution in [-0.2, 0) is 24.1 Å². The number of nitrogens with one attached hydrogen (secondary N) is 2. The summed E-state index contributed by atoms with van der Waals surface area (Å²) in [5.74, 6) is 1.14. The molecule has 1 aliphatic rings. The van der Waals surface area contributed by atoms with E-state index in [4.69, 9.17) is 32.7 Å². The zero-order valence-electron chi connectivity index (χ0n) is 20.9. The Labute approximate surface area is 221 Å². The number of aromatic amines is 1. The Kier molecular flexibility index (Phi) is 7.81. The summed E-state index contributed by atoms with van der Waals surface area (Å²) in [5, 5.41) is 11.9. The molecule has 2 aromatic carbocycles. The molecule has 9 heteroatoms. The van der Waals surface area contributed by atoms with Crippen molar-refractivity contribution in [2.24, 2.45) is 5.92 Å². The molecule has 3 aromatic rings. The van der Waals surface area contributed by atoms with E-state index in [-0.39, 0.29) is 5.91 Å². The lowest BCUT2D eigenvalue weighted by atomic mass is 9.82. The van der Waals surface area contributed by atoms with Crippen LogP contribution in [0.3, 0.4) is 0 Å². The van der Waals surface area contributed by atoms with E-state index in [9.17, 15) is 4.79 Å². The lowest BCUT2D eigenvalue weighted by molar-refractivity contribution is -0.111. The van der Waals surface area contributed by atoms with Gasteiger partial charge in [0.05, 0.1) is 35.6 Å². The summed E-state index contributed by atoms with van der Waals surface area (Å²) in [5.41, 5.74) is 6.48. The molecule has 0 spiro atoms. The predicted octanol–water partition coefficient (Wildman–Crippen LogP) is 5.94. The number of ether oxygens (including phenoxy) is 2. The summed E-state index contributed by atoms with van der Waals surface area (Å²) in [6.45, 7) is 3.57. The van der Waals surface area contributed by atoms with Crippen LogP contribution in [0.2, 0.25) is 10.0 Å². The molecule has 0 fully saturated rings. The number of hydrogen-bond donors (Lipinski definition) is 2. The first-order valence-electron chi connectivity index (χ1n) is 11.7. The van der Waals surface area contributed by atoms with Crippen molar-refractivity contribution in [2.45, 2.75) is 25.7 Å². The Morgan fingerprint density at radius 1 is 1.22 bits per heavy atom. The average Bonchev–Trinajstić information content (AvgIpc) is 3.29. The average molecular weight is 529 g/mol. The third-order valence-electron chi connectivity index (χ3n) is 6.62. The summed E-state index contributed by atoms with van der Waals surface area (Å²) < 4.78 is 10.8. The molecular formula is C27H30Cl2N4O3. The van der Waals surface area contributed by atoms with E-state index < -0.39 is 0 Å². The van der Waals surface area contributed by atoms with Gasteiger partial charge in [0.1, 0.15) is 11.5 Å². The molecule has 36 heavy (non-hydrogen) atoms. The molecule has 1 unspecified atom stereocenters. The highest BCUT2D eigenvalue weighted by molar-refractivity contribution is 6.37. The molecule has 0 saturated heterocycles. The lowest BCUT2D eigenvalue weighted by Gasteiger charge is -2.24. The fourth-order valence-electron chi connectivity index (χ4n) is 4.68. The summed E-state index contributed by atoms with van der Waals surface area (Å²) in [7, 11) is 7.07. The largest absolute Gasteiger partial charge is 0.495 e. The fourth-order valence-corrected chi connectivity index (χ4v) is 5.34. The standard InChI is InChI=1S/C27H30Cl2N4O3/c1-6-24(34)30-20-13-16(33(2)3)8-10-17(20)27-18-9-7-15(12-21(18)31-32-27)11-19-25(28)22(35-4)14-23(36-5)26(19)29/h6,8,10,13-15H,1,7,9,11-12H2,2-5H3,(H,30,34)(H,31,32). The molecule has 4 rings (SSSR count). The Hall–Kier alpha value is -3.16. The number of anilines is 2. The summed E-state index contributed by atoms with van der Waals surface area (Å²) in [6.07, 6.45) is 4.54. The molecule has 0 bridgehead atoms. The molecular weight excluding hydrogens is 499 g/mol. The number of rotatable bonds is 8. The molecule has 1 aliphatic carbocycles. The minimum Gasteiger partial charge on any atom is -0.495 e. The summed E-state index contributed by atoms with van der Waals surface area (Å²) in [6, 6.07) is 7.67. The molecule has 1 atom stereocenters. The molecule has 2 N–H and O–H groups in total. The van der Waals surface area contributed by atoms with Crippen molar-refractivity contribution in [2.75, 3.05) is 38.5 Å². The normalized spacial score (nSPS) is 14.7. The van der Waals surface area contributed by atoms with Crippen LogP contribution in [0.1, 0.15) is 23.2 Å². The molecule has 0 saturated carbocycles. The first-order chi connectivity index (χ1) is 17.3. The Morgan fingerprint density at radius 2 is 1.92 bits per heavy atom. The first-order valence-corrected chi connectivity index (χ1v) is 12.4. The number of H-pyrrole nitrogens is 1. The van der Waals surface area contributed by atoms with Gasteiger partial charge >= 0.3 is 0 Å². The van der Waals surface area contributed by atoms with Gasteiger partial charge in [0.15, 0.2) is 0 Å². The minimum absolute atomic E-state index is 0.265. The zero-order chi connectivity index (χ0) is 26.0. The lowest BCUT2D eigenvalue weighted by Crippen LogP contribution is -2.17. The molecule has 190 valence electrons. The van der Waals surface area contributed by atoms with E-state index in [1.807, 2.05) is 37.2 Å². The van der Waals surface area contributed by atoms with Crippen molar-refractivity contribution in [3.8, 4) is 22.8 Å². The van der Waals surface area contributed by atoms with Crippen molar-refractivity contribution < 1.29 is 14.3 Å². The van der Waals surface area contributed by atoms with Gasteiger partial charge in [-0.25, -0.2) is 0 Å². The van der Waals surface area contributed by atoms with E-state index in [2.05, 4.69) is 22.1 Å². The van der Waals surface area contributed by atoms with Gasteiger partial charge in [-0.1, -0.05) is 29.8 Å². The molecule has 7 nitrogen and oxygen atoms in total. The zero-order valence-corrected chi connectivity index (χ0v) is 22.4. The van der Waals surface area contributed by atoms with Gasteiger partial charge in [-0.15, -0.1) is 0 Å². The number of aromatic nitrogens is 2. The predicted molar refractivity (Wildman–Crippen MR) is 146 cm³/mol. The van der Waals surface area contributed by atoms with E-state index in [1.54, 1.807) is 20.3 Å². The topological polar surface area (TPSA) is 79.5 Å². The number of carbonyl (C=O) groups excluding carboxylic acids is 1. The van der Waals surface area contributed by atoms with Gasteiger partial charge in [0, 0.05) is 42.7 Å². The number of halogens is 2. The second-order valence-corrected chi connectivity index (χ2v) is 9.80. The van der Waals surface area contributed by atoms with Gasteiger partial charge in [0.2, 0.25) is 5.91 Å². The molecule has 1 aromatic heterocycles. The maximum atomic E-state index is 12.1. The van der Waals surface area contributed by atoms with Crippen molar-refractivity contribution in [1.29, 1.82) is 0 Å². The Morgan fingerprint density at radius 3 is 2.53 bits per heavy atom. The minimum atomic E-state index is -0.265.